The van der Waals surface area contributed by atoms with Crippen LogP contribution in [-0.2, 0) is 16.1 Å². The molecule has 2 aromatic heterocycles. The Morgan fingerprint density at radius 1 is 1.18 bits per heavy atom. The van der Waals surface area contributed by atoms with Gasteiger partial charge in [0.05, 0.1) is 12.2 Å². The van der Waals surface area contributed by atoms with Gasteiger partial charge in [0.1, 0.15) is 5.52 Å². The fourth-order valence-electron chi connectivity index (χ4n) is 4.49. The zero-order valence-electron chi connectivity index (χ0n) is 16.4. The molecule has 1 unspecified atom stereocenters. The molecule has 0 aromatic carbocycles. The number of hydrogen-bond acceptors (Lipinski definition) is 5. The number of aromatic nitrogens is 4. The average molecular weight is 384 g/mol. The highest BCUT2D eigenvalue weighted by molar-refractivity contribution is 5.78. The lowest BCUT2D eigenvalue weighted by atomic mass is 10.0. The van der Waals surface area contributed by atoms with E-state index in [1.54, 1.807) is 12.4 Å². The number of amides is 2. The van der Waals surface area contributed by atoms with Crippen LogP contribution in [0.1, 0.15) is 57.1 Å². The van der Waals surface area contributed by atoms with Crippen LogP contribution in [0, 0.1) is 5.92 Å². The van der Waals surface area contributed by atoms with Crippen LogP contribution in [0.3, 0.4) is 0 Å². The van der Waals surface area contributed by atoms with Crippen molar-refractivity contribution < 1.29 is 9.59 Å². The minimum Gasteiger partial charge on any atom is -0.354 e. The average Bonchev–Trinajstić information content (AvgIpc) is 3.41. The van der Waals surface area contributed by atoms with E-state index in [4.69, 9.17) is 5.10 Å². The molecule has 8 heteroatoms. The lowest BCUT2D eigenvalue weighted by Gasteiger charge is -2.18. The van der Waals surface area contributed by atoms with Crippen LogP contribution in [0.15, 0.2) is 12.4 Å². The van der Waals surface area contributed by atoms with E-state index >= 15 is 0 Å². The second-order valence-corrected chi connectivity index (χ2v) is 8.00. The number of carbonyl (C=O) groups excluding carboxylic acids is 2. The normalized spacial score (nSPS) is 20.2. The van der Waals surface area contributed by atoms with Gasteiger partial charge in [-0.1, -0.05) is 12.8 Å². The molecule has 2 fully saturated rings. The predicted molar refractivity (Wildman–Crippen MR) is 105 cm³/mol. The minimum atomic E-state index is -0.0602. The van der Waals surface area contributed by atoms with Crippen LogP contribution in [0.5, 0.6) is 0 Å². The Hall–Kier alpha value is -2.51. The van der Waals surface area contributed by atoms with Gasteiger partial charge in [-0.15, -0.1) is 0 Å². The number of nitrogens with zero attached hydrogens (tertiary/aromatic N) is 5. The highest BCUT2D eigenvalue weighted by atomic mass is 16.2. The van der Waals surface area contributed by atoms with Crippen LogP contribution >= 0.6 is 0 Å². The smallest absolute Gasteiger partial charge is 0.222 e. The fourth-order valence-corrected chi connectivity index (χ4v) is 4.49. The molecule has 150 valence electrons. The Kier molecular flexibility index (Phi) is 5.54. The first-order valence-electron chi connectivity index (χ1n) is 10.3. The summed E-state index contributed by atoms with van der Waals surface area (Å²) >= 11 is 0. The molecule has 2 aliphatic rings. The van der Waals surface area contributed by atoms with E-state index in [0.29, 0.717) is 32.0 Å². The predicted octanol–water partition coefficient (Wildman–Crippen LogP) is 1.86. The molecule has 0 spiro atoms. The number of carbonyl (C=O) groups is 2. The summed E-state index contributed by atoms with van der Waals surface area (Å²) in [5.41, 5.74) is 2.46. The van der Waals surface area contributed by atoms with Crippen molar-refractivity contribution in [2.45, 2.75) is 57.9 Å². The zero-order chi connectivity index (χ0) is 19.5. The summed E-state index contributed by atoms with van der Waals surface area (Å²) in [6.07, 6.45) is 9.87. The van der Waals surface area contributed by atoms with Crippen molar-refractivity contribution in [2.24, 2.45) is 5.92 Å². The summed E-state index contributed by atoms with van der Waals surface area (Å²) < 4.78 is 1.82. The van der Waals surface area contributed by atoms with Crippen molar-refractivity contribution in [1.29, 1.82) is 0 Å². The lowest BCUT2D eigenvalue weighted by molar-refractivity contribution is -0.131. The number of hydrogen-bond donors (Lipinski definition) is 1. The number of rotatable bonds is 6. The standard InChI is InChI=1S/C20H28N6O2/c1-14(27)21-9-11-26-20-19(22-7-8-23-20)18(24-26)16-6-10-25(13-16)17(28)12-15-4-2-3-5-15/h7-8,15-16H,2-6,9-13H2,1H3,(H,21,27). The molecule has 1 atom stereocenters. The van der Waals surface area contributed by atoms with Gasteiger partial charge >= 0.3 is 0 Å². The molecule has 1 N–H and O–H groups in total. The molecule has 1 saturated carbocycles. The first kappa shape index (κ1) is 18.8. The molecule has 1 aliphatic carbocycles. The van der Waals surface area contributed by atoms with Gasteiger partial charge in [0.2, 0.25) is 11.8 Å². The van der Waals surface area contributed by atoms with Crippen molar-refractivity contribution in [3.63, 3.8) is 0 Å². The van der Waals surface area contributed by atoms with E-state index in [0.717, 1.165) is 29.8 Å². The largest absolute Gasteiger partial charge is 0.354 e. The molecule has 8 nitrogen and oxygen atoms in total. The quantitative estimate of drug-likeness (QED) is 0.821. The maximum absolute atomic E-state index is 12.7. The van der Waals surface area contributed by atoms with E-state index in [2.05, 4.69) is 15.3 Å². The van der Waals surface area contributed by atoms with E-state index in [-0.39, 0.29) is 17.7 Å². The Morgan fingerprint density at radius 2 is 1.96 bits per heavy atom. The summed E-state index contributed by atoms with van der Waals surface area (Å²) in [5, 5.41) is 7.56. The van der Waals surface area contributed by atoms with Crippen LogP contribution in [0.4, 0.5) is 0 Å². The topological polar surface area (TPSA) is 93.0 Å². The van der Waals surface area contributed by atoms with Crippen molar-refractivity contribution in [2.75, 3.05) is 19.6 Å². The first-order valence-corrected chi connectivity index (χ1v) is 10.3. The van der Waals surface area contributed by atoms with E-state index < -0.39 is 0 Å². The van der Waals surface area contributed by atoms with Gasteiger partial charge < -0.3 is 10.2 Å². The van der Waals surface area contributed by atoms with E-state index in [1.165, 1.54) is 32.6 Å². The van der Waals surface area contributed by atoms with Gasteiger partial charge in [0.25, 0.3) is 0 Å². The summed E-state index contributed by atoms with van der Waals surface area (Å²) in [4.78, 5) is 34.8. The van der Waals surface area contributed by atoms with Gasteiger partial charge in [-0.2, -0.15) is 5.10 Å². The summed E-state index contributed by atoms with van der Waals surface area (Å²) in [6, 6.07) is 0. The van der Waals surface area contributed by atoms with Gasteiger partial charge in [0, 0.05) is 51.3 Å². The summed E-state index contributed by atoms with van der Waals surface area (Å²) in [7, 11) is 0. The highest BCUT2D eigenvalue weighted by Crippen LogP contribution is 2.33. The maximum atomic E-state index is 12.7. The molecule has 0 bridgehead atoms. The van der Waals surface area contributed by atoms with Crippen molar-refractivity contribution >= 4 is 23.0 Å². The van der Waals surface area contributed by atoms with Crippen molar-refractivity contribution in [1.82, 2.24) is 30.0 Å². The number of likely N-dealkylation sites (tertiary alicyclic amines) is 1. The highest BCUT2D eigenvalue weighted by Gasteiger charge is 2.32. The third-order valence-electron chi connectivity index (χ3n) is 5.96. The Labute approximate surface area is 164 Å². The Morgan fingerprint density at radius 3 is 2.75 bits per heavy atom. The fraction of sp³-hybridized carbons (Fsp3) is 0.650. The van der Waals surface area contributed by atoms with Crippen LogP contribution in [-0.4, -0.2) is 56.1 Å². The zero-order valence-corrected chi connectivity index (χ0v) is 16.4. The van der Waals surface area contributed by atoms with Crippen LogP contribution < -0.4 is 5.32 Å². The number of fused-ring (bicyclic) bond motifs is 1. The molecule has 3 heterocycles. The second kappa shape index (κ2) is 8.24. The third kappa shape index (κ3) is 4.00. The maximum Gasteiger partial charge on any atom is 0.222 e. The van der Waals surface area contributed by atoms with Crippen molar-refractivity contribution in [3.8, 4) is 0 Å². The first-order chi connectivity index (χ1) is 13.6. The minimum absolute atomic E-state index is 0.0602. The molecule has 28 heavy (non-hydrogen) atoms. The van der Waals surface area contributed by atoms with E-state index in [9.17, 15) is 9.59 Å². The van der Waals surface area contributed by atoms with E-state index in [1.807, 2.05) is 9.58 Å². The van der Waals surface area contributed by atoms with Crippen LogP contribution in [0.2, 0.25) is 0 Å². The van der Waals surface area contributed by atoms with Crippen molar-refractivity contribution in [3.05, 3.63) is 18.1 Å². The molecule has 0 radical (unpaired) electrons. The third-order valence-corrected chi connectivity index (χ3v) is 5.96. The molecular formula is C20H28N6O2. The molecule has 2 aromatic rings. The van der Waals surface area contributed by atoms with Gasteiger partial charge in [-0.3, -0.25) is 9.59 Å². The summed E-state index contributed by atoms with van der Waals surface area (Å²) in [5.74, 6) is 0.991. The number of nitrogens with one attached hydrogen (secondary N) is 1. The lowest BCUT2D eigenvalue weighted by Crippen LogP contribution is -2.29. The Bertz CT molecular complexity index is 857. The van der Waals surface area contributed by atoms with Gasteiger partial charge in [0.15, 0.2) is 5.65 Å². The van der Waals surface area contributed by atoms with Gasteiger partial charge in [-0.25, -0.2) is 14.6 Å². The monoisotopic (exact) mass is 384 g/mol. The molecular weight excluding hydrogens is 356 g/mol. The molecule has 1 aliphatic heterocycles. The van der Waals surface area contributed by atoms with Crippen LogP contribution in [0.25, 0.3) is 11.2 Å². The molecule has 2 amide bonds. The SMILES string of the molecule is CC(=O)NCCn1nc(C2CCN(C(=O)CC3CCCC3)C2)c2nccnc21. The molecule has 4 rings (SSSR count). The van der Waals surface area contributed by atoms with Gasteiger partial charge in [-0.05, 0) is 25.2 Å². The Balaban J connectivity index is 1.46. The second-order valence-electron chi connectivity index (χ2n) is 8.00. The summed E-state index contributed by atoms with van der Waals surface area (Å²) in [6.45, 7) is 4.05. The molecule has 1 saturated heterocycles.